The van der Waals surface area contributed by atoms with Crippen molar-refractivity contribution >= 4 is 21.6 Å². The topological polar surface area (TPSA) is 48.1 Å². The molecule has 0 fully saturated rings. The van der Waals surface area contributed by atoms with E-state index in [2.05, 4.69) is 32.8 Å². The first-order valence-electron chi connectivity index (χ1n) is 3.62. The second-order valence-corrected chi connectivity index (χ2v) is 2.82. The van der Waals surface area contributed by atoms with Crippen molar-refractivity contribution in [2.45, 2.75) is 0 Å². The van der Waals surface area contributed by atoms with Crippen LogP contribution in [0.5, 0.6) is 5.88 Å². The summed E-state index contributed by atoms with van der Waals surface area (Å²) in [7, 11) is 1.55. The van der Waals surface area contributed by atoms with Gasteiger partial charge in [-0.05, 0) is 6.07 Å². The van der Waals surface area contributed by atoms with Crippen LogP contribution in [0.2, 0.25) is 0 Å². The molecule has 0 spiro atoms. The predicted molar refractivity (Wildman–Crippen MR) is 55.9 cm³/mol. The van der Waals surface area contributed by atoms with Gasteiger partial charge >= 0.3 is 0 Å². The summed E-state index contributed by atoms with van der Waals surface area (Å²) in [6.07, 6.45) is 1.54. The molecule has 0 unspecified atom stereocenters. The molecule has 0 aliphatic heterocycles. The molecule has 0 aliphatic rings. The van der Waals surface area contributed by atoms with Crippen LogP contribution in [0.3, 0.4) is 0 Å². The lowest BCUT2D eigenvalue weighted by Gasteiger charge is -2.01. The molecule has 3 nitrogen and oxygen atoms in total. The van der Waals surface area contributed by atoms with Gasteiger partial charge in [-0.2, -0.15) is 0 Å². The molecule has 2 N–H and O–H groups in total. The number of rotatable bonds is 1. The van der Waals surface area contributed by atoms with Crippen molar-refractivity contribution in [3.63, 3.8) is 0 Å². The maximum atomic E-state index is 5.56. The molecular formula is C9H9BrN2O. The Balaban J connectivity index is 3.08. The third-order valence-electron chi connectivity index (χ3n) is 1.36. The van der Waals surface area contributed by atoms with Crippen LogP contribution in [0, 0.1) is 11.8 Å². The number of halogens is 1. The molecular weight excluding hydrogens is 232 g/mol. The second kappa shape index (κ2) is 4.73. The normalized spacial score (nSPS) is 8.77. The summed E-state index contributed by atoms with van der Waals surface area (Å²) in [5.74, 6) is 6.25. The summed E-state index contributed by atoms with van der Waals surface area (Å²) in [6, 6.07) is 1.74. The van der Waals surface area contributed by atoms with Crippen LogP contribution in [0.15, 0.2) is 12.3 Å². The van der Waals surface area contributed by atoms with Gasteiger partial charge in [0, 0.05) is 0 Å². The van der Waals surface area contributed by atoms with E-state index in [4.69, 9.17) is 10.5 Å². The minimum absolute atomic E-state index is 0.502. The highest BCUT2D eigenvalue weighted by atomic mass is 79.9. The number of alkyl halides is 1. The smallest absolute Gasteiger partial charge is 0.229 e. The van der Waals surface area contributed by atoms with Crippen molar-refractivity contribution in [1.82, 2.24) is 4.98 Å². The summed E-state index contributed by atoms with van der Waals surface area (Å²) in [5.41, 5.74) is 6.85. The third kappa shape index (κ3) is 2.63. The highest BCUT2D eigenvalue weighted by Crippen LogP contribution is 2.15. The number of anilines is 1. The van der Waals surface area contributed by atoms with Gasteiger partial charge in [-0.25, -0.2) is 4.98 Å². The van der Waals surface area contributed by atoms with Crippen LogP contribution < -0.4 is 10.5 Å². The number of nitrogens with two attached hydrogens (primary N) is 1. The van der Waals surface area contributed by atoms with Crippen molar-refractivity contribution in [2.75, 3.05) is 18.2 Å². The molecule has 0 bridgehead atoms. The highest BCUT2D eigenvalue weighted by Gasteiger charge is 2.00. The Morgan fingerprint density at radius 1 is 1.69 bits per heavy atom. The number of hydrogen-bond acceptors (Lipinski definition) is 3. The Morgan fingerprint density at radius 2 is 2.46 bits per heavy atom. The van der Waals surface area contributed by atoms with Gasteiger partial charge in [-0.15, -0.1) is 0 Å². The van der Waals surface area contributed by atoms with Crippen molar-refractivity contribution in [3.05, 3.63) is 17.8 Å². The van der Waals surface area contributed by atoms with Gasteiger partial charge in [-0.1, -0.05) is 27.8 Å². The molecule has 0 atom stereocenters. The van der Waals surface area contributed by atoms with Crippen LogP contribution >= 0.6 is 15.9 Å². The van der Waals surface area contributed by atoms with E-state index in [0.29, 0.717) is 22.5 Å². The Bertz CT molecular complexity index is 354. The zero-order chi connectivity index (χ0) is 9.68. The van der Waals surface area contributed by atoms with Gasteiger partial charge in [0.1, 0.15) is 0 Å². The maximum Gasteiger partial charge on any atom is 0.229 e. The quantitative estimate of drug-likeness (QED) is 0.597. The van der Waals surface area contributed by atoms with E-state index in [9.17, 15) is 0 Å². The van der Waals surface area contributed by atoms with Crippen molar-refractivity contribution < 1.29 is 4.74 Å². The van der Waals surface area contributed by atoms with E-state index in [-0.39, 0.29) is 0 Å². The highest BCUT2D eigenvalue weighted by molar-refractivity contribution is 9.09. The molecule has 13 heavy (non-hydrogen) atoms. The van der Waals surface area contributed by atoms with Crippen LogP contribution in [0.1, 0.15) is 5.56 Å². The number of pyridine rings is 1. The van der Waals surface area contributed by atoms with Gasteiger partial charge < -0.3 is 10.5 Å². The number of nitrogen functional groups attached to an aromatic ring is 1. The average Bonchev–Trinajstić information content (AvgIpc) is 2.15. The second-order valence-electron chi connectivity index (χ2n) is 2.26. The van der Waals surface area contributed by atoms with Gasteiger partial charge in [0.15, 0.2) is 0 Å². The number of hydrogen-bond donors (Lipinski definition) is 1. The van der Waals surface area contributed by atoms with Gasteiger partial charge in [0.25, 0.3) is 0 Å². The van der Waals surface area contributed by atoms with E-state index in [1.807, 2.05) is 0 Å². The molecule has 1 heterocycles. The van der Waals surface area contributed by atoms with E-state index in [1.54, 1.807) is 13.2 Å². The van der Waals surface area contributed by atoms with Crippen LogP contribution in [0.4, 0.5) is 5.69 Å². The summed E-state index contributed by atoms with van der Waals surface area (Å²) in [4.78, 5) is 3.98. The molecule has 0 aliphatic carbocycles. The lowest BCUT2D eigenvalue weighted by molar-refractivity contribution is 0.397. The van der Waals surface area contributed by atoms with Gasteiger partial charge in [0.05, 0.1) is 29.9 Å². The maximum absolute atomic E-state index is 5.56. The zero-order valence-corrected chi connectivity index (χ0v) is 8.76. The predicted octanol–water partition coefficient (Wildman–Crippen LogP) is 1.42. The average molecular weight is 241 g/mol. The minimum Gasteiger partial charge on any atom is -0.480 e. The van der Waals surface area contributed by atoms with Gasteiger partial charge in [0.2, 0.25) is 5.88 Å². The fourth-order valence-corrected chi connectivity index (χ4v) is 0.989. The Kier molecular flexibility index (Phi) is 3.59. The molecule has 1 aromatic heterocycles. The monoisotopic (exact) mass is 240 g/mol. The summed E-state index contributed by atoms with van der Waals surface area (Å²) >= 11 is 3.21. The molecule has 0 amide bonds. The standard InChI is InChI=1S/C9H9BrN2O/c1-13-9-7(3-2-4-10)5-8(11)6-12-9/h5-6H,4,11H2,1H3. The number of ether oxygens (including phenoxy) is 1. The van der Waals surface area contributed by atoms with Crippen molar-refractivity contribution in [2.24, 2.45) is 0 Å². The lowest BCUT2D eigenvalue weighted by atomic mass is 10.2. The van der Waals surface area contributed by atoms with Crippen LogP contribution in [0.25, 0.3) is 0 Å². The Hall–Kier alpha value is -1.21. The molecule has 4 heteroatoms. The molecule has 0 radical (unpaired) electrons. The molecule has 1 aromatic rings. The fraction of sp³-hybridized carbons (Fsp3) is 0.222. The number of nitrogens with zero attached hydrogens (tertiary/aromatic N) is 1. The first-order valence-corrected chi connectivity index (χ1v) is 4.74. The molecule has 1 rings (SSSR count). The number of methoxy groups -OCH3 is 1. The van der Waals surface area contributed by atoms with E-state index < -0.39 is 0 Å². The fourth-order valence-electron chi connectivity index (χ4n) is 0.849. The largest absolute Gasteiger partial charge is 0.480 e. The number of aromatic nitrogens is 1. The van der Waals surface area contributed by atoms with Crippen molar-refractivity contribution in [1.29, 1.82) is 0 Å². The van der Waals surface area contributed by atoms with Crippen LogP contribution in [-0.4, -0.2) is 17.4 Å². The van der Waals surface area contributed by atoms with Crippen molar-refractivity contribution in [3.8, 4) is 17.7 Å². The summed E-state index contributed by atoms with van der Waals surface area (Å²) < 4.78 is 5.01. The Morgan fingerprint density at radius 3 is 3.08 bits per heavy atom. The molecule has 0 saturated carbocycles. The van der Waals surface area contributed by atoms with E-state index in [0.717, 1.165) is 0 Å². The summed E-state index contributed by atoms with van der Waals surface area (Å²) in [6.45, 7) is 0. The zero-order valence-electron chi connectivity index (χ0n) is 7.17. The molecule has 68 valence electrons. The Labute approximate surface area is 85.4 Å². The summed E-state index contributed by atoms with van der Waals surface area (Å²) in [5, 5.41) is 0.616. The molecule has 0 aromatic carbocycles. The SMILES string of the molecule is COc1ncc(N)cc1C#CCBr. The lowest BCUT2D eigenvalue weighted by Crippen LogP contribution is -1.94. The molecule has 0 saturated heterocycles. The third-order valence-corrected chi connectivity index (χ3v) is 1.64. The van der Waals surface area contributed by atoms with Crippen LogP contribution in [-0.2, 0) is 0 Å². The first-order chi connectivity index (χ1) is 6.27. The minimum atomic E-state index is 0.502. The first kappa shape index (κ1) is 9.87. The van der Waals surface area contributed by atoms with E-state index >= 15 is 0 Å². The van der Waals surface area contributed by atoms with E-state index in [1.165, 1.54) is 6.20 Å². The van der Waals surface area contributed by atoms with Gasteiger partial charge in [-0.3, -0.25) is 0 Å².